The van der Waals surface area contributed by atoms with Crippen molar-refractivity contribution in [3.05, 3.63) is 34.7 Å². The number of rotatable bonds is 4. The zero-order chi connectivity index (χ0) is 19.7. The molecule has 3 heterocycles. The third kappa shape index (κ3) is 3.61. The number of piperazine rings is 1. The highest BCUT2D eigenvalue weighted by Crippen LogP contribution is 2.26. The van der Waals surface area contributed by atoms with Gasteiger partial charge >= 0.3 is 5.69 Å². The quantitative estimate of drug-likeness (QED) is 0.838. The van der Waals surface area contributed by atoms with E-state index in [0.717, 1.165) is 63.0 Å². The summed E-state index contributed by atoms with van der Waals surface area (Å²) in [7, 11) is 0. The lowest BCUT2D eigenvalue weighted by Crippen LogP contribution is -2.57. The lowest BCUT2D eigenvalue weighted by molar-refractivity contribution is -0.138. The van der Waals surface area contributed by atoms with E-state index in [1.165, 1.54) is 0 Å². The number of fused-ring (bicyclic) bond motifs is 1. The maximum atomic E-state index is 13.0. The first kappa shape index (κ1) is 19.2. The maximum absolute atomic E-state index is 13.0. The molecule has 7 heteroatoms. The Balaban J connectivity index is 1.40. The van der Waals surface area contributed by atoms with Gasteiger partial charge in [-0.05, 0) is 38.3 Å². The fourth-order valence-electron chi connectivity index (χ4n) is 4.69. The molecule has 2 N–H and O–H groups in total. The summed E-state index contributed by atoms with van der Waals surface area (Å²) in [5.74, 6) is 0.239. The molecule has 2 atom stereocenters. The van der Waals surface area contributed by atoms with Gasteiger partial charge in [0.15, 0.2) is 0 Å². The molecule has 152 valence electrons. The van der Waals surface area contributed by atoms with Crippen LogP contribution in [0.4, 0.5) is 0 Å². The van der Waals surface area contributed by atoms with Crippen LogP contribution in [0.5, 0.6) is 0 Å². The zero-order valence-electron chi connectivity index (χ0n) is 16.9. The van der Waals surface area contributed by atoms with E-state index in [2.05, 4.69) is 22.1 Å². The number of amides is 1. The van der Waals surface area contributed by atoms with Crippen LogP contribution < -0.4 is 11.0 Å². The Morgan fingerprint density at radius 3 is 2.71 bits per heavy atom. The Hall–Kier alpha value is -2.12. The Morgan fingerprint density at radius 1 is 1.21 bits per heavy atom. The van der Waals surface area contributed by atoms with Gasteiger partial charge in [0, 0.05) is 44.8 Å². The van der Waals surface area contributed by atoms with E-state index in [-0.39, 0.29) is 23.7 Å². The van der Waals surface area contributed by atoms with Gasteiger partial charge in [0.05, 0.1) is 17.1 Å². The first-order valence-electron chi connectivity index (χ1n) is 10.5. The van der Waals surface area contributed by atoms with Crippen LogP contribution in [0.3, 0.4) is 0 Å². The van der Waals surface area contributed by atoms with Crippen LogP contribution in [0.15, 0.2) is 29.1 Å². The van der Waals surface area contributed by atoms with E-state index < -0.39 is 0 Å². The van der Waals surface area contributed by atoms with E-state index in [0.29, 0.717) is 6.04 Å². The number of piperidine rings is 1. The normalized spacial score (nSPS) is 23.2. The largest absolute Gasteiger partial charge is 0.339 e. The van der Waals surface area contributed by atoms with Crippen molar-refractivity contribution < 1.29 is 4.79 Å². The Labute approximate surface area is 165 Å². The molecule has 0 aliphatic carbocycles. The Bertz CT molecular complexity index is 880. The average molecular weight is 386 g/mol. The number of nitrogens with zero attached hydrogens (tertiary/aromatic N) is 3. The number of benzene rings is 1. The summed E-state index contributed by atoms with van der Waals surface area (Å²) in [4.78, 5) is 32.7. The van der Waals surface area contributed by atoms with Crippen molar-refractivity contribution in [2.75, 3.05) is 32.7 Å². The number of H-pyrrole nitrogens is 1. The lowest BCUT2D eigenvalue weighted by atomic mass is 10.0. The highest BCUT2D eigenvalue weighted by Gasteiger charge is 2.32. The number of carbonyl (C=O) groups excluding carboxylic acids is 1. The smallest absolute Gasteiger partial charge is 0.326 e. The van der Waals surface area contributed by atoms with Gasteiger partial charge in [0.2, 0.25) is 5.91 Å². The highest BCUT2D eigenvalue weighted by atomic mass is 16.2. The molecule has 1 amide bonds. The van der Waals surface area contributed by atoms with Gasteiger partial charge in [-0.15, -0.1) is 0 Å². The molecular weight excluding hydrogens is 354 g/mol. The minimum Gasteiger partial charge on any atom is -0.339 e. The monoisotopic (exact) mass is 385 g/mol. The number of hydrogen-bond acceptors (Lipinski definition) is 4. The molecule has 0 bridgehead atoms. The van der Waals surface area contributed by atoms with Crippen LogP contribution >= 0.6 is 0 Å². The second-order valence-electron chi connectivity index (χ2n) is 8.10. The predicted molar refractivity (Wildman–Crippen MR) is 111 cm³/mol. The first-order chi connectivity index (χ1) is 13.6. The third-order valence-corrected chi connectivity index (χ3v) is 6.45. The van der Waals surface area contributed by atoms with Gasteiger partial charge in [-0.3, -0.25) is 14.3 Å². The number of imidazole rings is 1. The summed E-state index contributed by atoms with van der Waals surface area (Å²) in [5.41, 5.74) is 1.83. The number of carbonyl (C=O) groups is 1. The summed E-state index contributed by atoms with van der Waals surface area (Å²) < 4.78 is 1.90. The summed E-state index contributed by atoms with van der Waals surface area (Å²) >= 11 is 0. The van der Waals surface area contributed by atoms with Gasteiger partial charge in [0.1, 0.15) is 0 Å². The van der Waals surface area contributed by atoms with E-state index in [1.54, 1.807) is 0 Å². The maximum Gasteiger partial charge on any atom is 0.326 e. The number of likely N-dealkylation sites (tertiary alicyclic amines) is 1. The summed E-state index contributed by atoms with van der Waals surface area (Å²) in [6.45, 7) is 8.35. The van der Waals surface area contributed by atoms with Gasteiger partial charge in [0.25, 0.3) is 0 Å². The molecule has 2 fully saturated rings. The second kappa shape index (κ2) is 8.09. The van der Waals surface area contributed by atoms with Crippen LogP contribution in [0.2, 0.25) is 0 Å². The second-order valence-corrected chi connectivity index (χ2v) is 8.10. The fraction of sp³-hybridized carbons (Fsp3) is 0.619. The van der Waals surface area contributed by atoms with E-state index in [9.17, 15) is 9.59 Å². The third-order valence-electron chi connectivity index (χ3n) is 6.45. The van der Waals surface area contributed by atoms with Crippen LogP contribution in [-0.4, -0.2) is 70.1 Å². The summed E-state index contributed by atoms with van der Waals surface area (Å²) in [6, 6.07) is 8.35. The van der Waals surface area contributed by atoms with Crippen molar-refractivity contribution in [1.82, 2.24) is 24.7 Å². The van der Waals surface area contributed by atoms with Crippen LogP contribution in [0.1, 0.15) is 39.2 Å². The molecule has 0 radical (unpaired) electrons. The van der Waals surface area contributed by atoms with E-state index in [4.69, 9.17) is 0 Å². The topological polar surface area (TPSA) is 73.4 Å². The van der Waals surface area contributed by atoms with Gasteiger partial charge in [-0.2, -0.15) is 0 Å². The molecule has 0 unspecified atom stereocenters. The average Bonchev–Trinajstić information content (AvgIpc) is 3.08. The standard InChI is InChI=1S/C21H31N5O2/c1-3-16-14-25(13-10-22-16)20(27)15(2)24-11-8-17(9-12-24)26-19-7-5-4-6-18(19)23-21(26)28/h4-7,15-17,22H,3,8-14H2,1-2H3,(H,23,28)/t15-,16-/m0/s1. The van der Waals surface area contributed by atoms with Gasteiger partial charge < -0.3 is 15.2 Å². The lowest BCUT2D eigenvalue weighted by Gasteiger charge is -2.40. The predicted octanol–water partition coefficient (Wildman–Crippen LogP) is 1.57. The first-order valence-corrected chi connectivity index (χ1v) is 10.5. The Kier molecular flexibility index (Phi) is 5.55. The summed E-state index contributed by atoms with van der Waals surface area (Å²) in [6.07, 6.45) is 2.82. The van der Waals surface area contributed by atoms with Crippen LogP contribution in [0, 0.1) is 0 Å². The molecule has 1 aromatic heterocycles. The summed E-state index contributed by atoms with van der Waals surface area (Å²) in [5, 5.41) is 3.47. The molecular formula is C21H31N5O2. The van der Waals surface area contributed by atoms with Crippen LogP contribution in [0.25, 0.3) is 11.0 Å². The van der Waals surface area contributed by atoms with Gasteiger partial charge in [-0.25, -0.2) is 4.79 Å². The van der Waals surface area contributed by atoms with Crippen molar-refractivity contribution in [3.63, 3.8) is 0 Å². The molecule has 28 heavy (non-hydrogen) atoms. The number of nitrogens with one attached hydrogen (secondary N) is 2. The molecule has 4 rings (SSSR count). The molecule has 2 aromatic rings. The molecule has 2 aliphatic heterocycles. The molecule has 1 aromatic carbocycles. The zero-order valence-corrected chi connectivity index (χ0v) is 16.9. The van der Waals surface area contributed by atoms with Crippen LogP contribution in [-0.2, 0) is 4.79 Å². The minimum absolute atomic E-state index is 0.0322. The highest BCUT2D eigenvalue weighted by molar-refractivity contribution is 5.81. The van der Waals surface area contributed by atoms with Crippen molar-refractivity contribution in [2.45, 2.75) is 51.2 Å². The Morgan fingerprint density at radius 2 is 1.96 bits per heavy atom. The van der Waals surface area contributed by atoms with Crippen molar-refractivity contribution >= 4 is 16.9 Å². The number of aromatic amines is 1. The molecule has 2 aliphatic rings. The molecule has 7 nitrogen and oxygen atoms in total. The molecule has 0 spiro atoms. The van der Waals surface area contributed by atoms with E-state index >= 15 is 0 Å². The van der Waals surface area contributed by atoms with E-state index in [1.807, 2.05) is 40.7 Å². The number of para-hydroxylation sites is 2. The molecule has 0 saturated carbocycles. The van der Waals surface area contributed by atoms with Crippen molar-refractivity contribution in [3.8, 4) is 0 Å². The van der Waals surface area contributed by atoms with Gasteiger partial charge in [-0.1, -0.05) is 19.1 Å². The SMILES string of the molecule is CC[C@H]1CN(C(=O)[C@H](C)N2CCC(n3c(=O)[nH]c4ccccc43)CC2)CCN1. The molecule has 2 saturated heterocycles. The van der Waals surface area contributed by atoms with Crippen molar-refractivity contribution in [2.24, 2.45) is 0 Å². The number of hydrogen-bond donors (Lipinski definition) is 2. The fourth-order valence-corrected chi connectivity index (χ4v) is 4.69. The minimum atomic E-state index is -0.101. The number of aromatic nitrogens is 2. The van der Waals surface area contributed by atoms with Crippen molar-refractivity contribution in [1.29, 1.82) is 0 Å².